The summed E-state index contributed by atoms with van der Waals surface area (Å²) in [5.74, 6) is 3.37. The molecule has 0 aliphatic heterocycles. The molecule has 0 aromatic carbocycles. The molecule has 0 aromatic heterocycles. The van der Waals surface area contributed by atoms with Crippen molar-refractivity contribution in [2.45, 2.75) is 57.8 Å². The van der Waals surface area contributed by atoms with Gasteiger partial charge in [-0.25, -0.2) is 0 Å². The molecule has 0 spiro atoms. The summed E-state index contributed by atoms with van der Waals surface area (Å²) < 4.78 is 11.4. The van der Waals surface area contributed by atoms with Crippen LogP contribution in [0.3, 0.4) is 0 Å². The lowest BCUT2D eigenvalue weighted by Gasteiger charge is -2.44. The smallest absolute Gasteiger partial charge is 0.120 e. The molecule has 2 aliphatic rings. The molecular formula is C36H48N2O2. The van der Waals surface area contributed by atoms with Crippen LogP contribution in [0.1, 0.15) is 57.8 Å². The third-order valence-corrected chi connectivity index (χ3v) is 7.86. The van der Waals surface area contributed by atoms with Crippen molar-refractivity contribution < 1.29 is 9.47 Å². The number of nitrogens with two attached hydrogens (primary N) is 2. The van der Waals surface area contributed by atoms with E-state index in [9.17, 15) is 0 Å². The van der Waals surface area contributed by atoms with Crippen molar-refractivity contribution in [1.29, 1.82) is 0 Å². The summed E-state index contributed by atoms with van der Waals surface area (Å²) in [6.45, 7) is 32.0. The summed E-state index contributed by atoms with van der Waals surface area (Å²) in [7, 11) is 0. The van der Waals surface area contributed by atoms with Gasteiger partial charge in [-0.2, -0.15) is 0 Å². The second-order valence-corrected chi connectivity index (χ2v) is 10.9. The molecular weight excluding hydrogens is 492 g/mol. The fourth-order valence-corrected chi connectivity index (χ4v) is 5.64. The Morgan fingerprint density at radius 1 is 0.500 bits per heavy atom. The zero-order chi connectivity index (χ0) is 29.7. The lowest BCUT2D eigenvalue weighted by molar-refractivity contribution is 0.149. The number of allylic oxidation sites excluding steroid dienone is 10. The van der Waals surface area contributed by atoms with Crippen LogP contribution in [0.5, 0.6) is 0 Å². The molecule has 2 saturated carbocycles. The highest BCUT2D eigenvalue weighted by Gasteiger charge is 2.40. The van der Waals surface area contributed by atoms with Gasteiger partial charge in [-0.05, 0) is 85.1 Å². The highest BCUT2D eigenvalue weighted by atomic mass is 16.5. The zero-order valence-electron chi connectivity index (χ0n) is 24.3. The standard InChI is InChI=1S/C36H48N2O2/c1-26(14-18-30(5)39-32(7)20-16-28(3)37)36(24-22-35(23-25-36)34-12-10-9-11-13-34)27(2)15-19-31(6)40-33(8)21-17-29(4)38/h14-21,34-35H,1-13,22-25,37-38H2/b18-14-,19-15-,20-16-,21-17-. The monoisotopic (exact) mass is 540 g/mol. The molecule has 4 nitrogen and oxygen atoms in total. The van der Waals surface area contributed by atoms with Crippen molar-refractivity contribution in [3.8, 4) is 0 Å². The van der Waals surface area contributed by atoms with Crippen LogP contribution in [0, 0.1) is 17.3 Å². The number of rotatable bonds is 15. The molecule has 0 bridgehead atoms. The Hall–Kier alpha value is -3.92. The maximum atomic E-state index is 5.69. The van der Waals surface area contributed by atoms with Gasteiger partial charge in [0.2, 0.25) is 0 Å². The van der Waals surface area contributed by atoms with Gasteiger partial charge in [0.1, 0.15) is 23.0 Å². The minimum atomic E-state index is -0.277. The van der Waals surface area contributed by atoms with Crippen LogP contribution in [0.2, 0.25) is 0 Å². The molecule has 4 heteroatoms. The van der Waals surface area contributed by atoms with Crippen molar-refractivity contribution in [1.82, 2.24) is 0 Å². The molecule has 40 heavy (non-hydrogen) atoms. The largest absolute Gasteiger partial charge is 0.459 e. The van der Waals surface area contributed by atoms with Crippen LogP contribution >= 0.6 is 0 Å². The molecule has 4 N–H and O–H groups in total. The van der Waals surface area contributed by atoms with Crippen LogP contribution in [0.15, 0.2) is 147 Å². The van der Waals surface area contributed by atoms with Gasteiger partial charge in [-0.1, -0.05) is 96.9 Å². The third-order valence-electron chi connectivity index (χ3n) is 7.86. The number of hydrogen-bond acceptors (Lipinski definition) is 4. The van der Waals surface area contributed by atoms with Crippen molar-refractivity contribution in [2.24, 2.45) is 28.7 Å². The van der Waals surface area contributed by atoms with Gasteiger partial charge < -0.3 is 20.9 Å². The van der Waals surface area contributed by atoms with Gasteiger partial charge in [0.05, 0.1) is 0 Å². The van der Waals surface area contributed by atoms with Crippen LogP contribution in [0.25, 0.3) is 0 Å². The molecule has 2 aliphatic carbocycles. The lowest BCUT2D eigenvalue weighted by Crippen LogP contribution is -2.33. The summed E-state index contributed by atoms with van der Waals surface area (Å²) in [5.41, 5.74) is 13.7. The predicted molar refractivity (Wildman–Crippen MR) is 171 cm³/mol. The molecule has 214 valence electrons. The Bertz CT molecular complexity index is 1070. The molecule has 0 atom stereocenters. The van der Waals surface area contributed by atoms with Gasteiger partial charge >= 0.3 is 0 Å². The van der Waals surface area contributed by atoms with Gasteiger partial charge in [0.25, 0.3) is 0 Å². The molecule has 2 fully saturated rings. The van der Waals surface area contributed by atoms with E-state index in [1.165, 1.54) is 32.1 Å². The Balaban J connectivity index is 2.16. The van der Waals surface area contributed by atoms with E-state index in [0.29, 0.717) is 34.4 Å². The molecule has 0 amide bonds. The van der Waals surface area contributed by atoms with Crippen molar-refractivity contribution in [3.63, 3.8) is 0 Å². The SMILES string of the molecule is C=C(N)/C=C\C(=C)OC(=C)/C=C\C(=C)C1(C(=C)/C=C\C(=C)OC(=C)/C=C\C(=C)N)CCC(C2CCCCC2)CC1. The Kier molecular flexibility index (Phi) is 12.6. The summed E-state index contributed by atoms with van der Waals surface area (Å²) in [6, 6.07) is 0. The van der Waals surface area contributed by atoms with E-state index in [0.717, 1.165) is 48.7 Å². The van der Waals surface area contributed by atoms with Gasteiger partial charge in [0, 0.05) is 16.8 Å². The first-order valence-electron chi connectivity index (χ1n) is 14.0. The highest BCUT2D eigenvalue weighted by Crippen LogP contribution is 2.52. The maximum absolute atomic E-state index is 5.69. The molecule has 0 saturated heterocycles. The minimum absolute atomic E-state index is 0.277. The van der Waals surface area contributed by atoms with Crippen molar-refractivity contribution in [2.75, 3.05) is 0 Å². The summed E-state index contributed by atoms with van der Waals surface area (Å²) in [6.07, 6.45) is 25.3. The first kappa shape index (κ1) is 32.3. The number of ether oxygens (including phenoxy) is 2. The lowest BCUT2D eigenvalue weighted by atomic mass is 9.60. The molecule has 0 aromatic rings. The van der Waals surface area contributed by atoms with Crippen molar-refractivity contribution >= 4 is 0 Å². The Morgan fingerprint density at radius 3 is 1.23 bits per heavy atom. The van der Waals surface area contributed by atoms with E-state index in [2.05, 4.69) is 52.6 Å². The molecule has 0 heterocycles. The van der Waals surface area contributed by atoms with E-state index >= 15 is 0 Å². The number of hydrogen-bond donors (Lipinski definition) is 2. The fraction of sp³-hybridized carbons (Fsp3) is 0.333. The van der Waals surface area contributed by atoms with E-state index < -0.39 is 0 Å². The van der Waals surface area contributed by atoms with Crippen molar-refractivity contribution in [3.05, 3.63) is 147 Å². The topological polar surface area (TPSA) is 70.5 Å². The van der Waals surface area contributed by atoms with Gasteiger partial charge in [-0.15, -0.1) is 0 Å². The quantitative estimate of drug-likeness (QED) is 0.160. The first-order valence-corrected chi connectivity index (χ1v) is 14.0. The van der Waals surface area contributed by atoms with Gasteiger partial charge in [0.15, 0.2) is 0 Å². The normalized spacial score (nSPS) is 18.2. The van der Waals surface area contributed by atoms with Crippen LogP contribution < -0.4 is 11.5 Å². The second kappa shape index (κ2) is 15.6. The Morgan fingerprint density at radius 2 is 0.850 bits per heavy atom. The molecule has 0 unspecified atom stereocenters. The molecule has 0 radical (unpaired) electrons. The Labute approximate surface area is 242 Å². The van der Waals surface area contributed by atoms with E-state index in [1.807, 2.05) is 24.3 Å². The average Bonchev–Trinajstić information content (AvgIpc) is 2.92. The predicted octanol–water partition coefficient (Wildman–Crippen LogP) is 9.11. The maximum Gasteiger partial charge on any atom is 0.120 e. The van der Waals surface area contributed by atoms with E-state index in [1.54, 1.807) is 24.3 Å². The average molecular weight is 541 g/mol. The second-order valence-electron chi connectivity index (χ2n) is 10.9. The summed E-state index contributed by atoms with van der Waals surface area (Å²) >= 11 is 0. The minimum Gasteiger partial charge on any atom is -0.459 e. The van der Waals surface area contributed by atoms with Crippen LogP contribution in [-0.4, -0.2) is 0 Å². The summed E-state index contributed by atoms with van der Waals surface area (Å²) in [5, 5.41) is 0. The molecule has 2 rings (SSSR count). The van der Waals surface area contributed by atoms with Gasteiger partial charge in [-0.3, -0.25) is 0 Å². The highest BCUT2D eigenvalue weighted by molar-refractivity contribution is 5.42. The van der Waals surface area contributed by atoms with Crippen LogP contribution in [-0.2, 0) is 9.47 Å². The first-order chi connectivity index (χ1) is 18.9. The van der Waals surface area contributed by atoms with E-state index in [4.69, 9.17) is 20.9 Å². The fourth-order valence-electron chi connectivity index (χ4n) is 5.64. The summed E-state index contributed by atoms with van der Waals surface area (Å²) in [4.78, 5) is 0. The van der Waals surface area contributed by atoms with Crippen LogP contribution in [0.4, 0.5) is 0 Å². The zero-order valence-corrected chi connectivity index (χ0v) is 24.3. The third kappa shape index (κ3) is 10.3. The van der Waals surface area contributed by atoms with E-state index in [-0.39, 0.29) is 5.41 Å².